The monoisotopic (exact) mass is 377 g/mol. The molecule has 1 aliphatic heterocycles. The van der Waals surface area contributed by atoms with Crippen molar-refractivity contribution in [3.8, 4) is 5.75 Å². The number of rotatable bonds is 4. The number of likely N-dealkylation sites (N-methyl/N-ethyl adjacent to an activating group) is 1. The molecule has 0 bridgehead atoms. The van der Waals surface area contributed by atoms with E-state index >= 15 is 0 Å². The Labute approximate surface area is 164 Å². The molecular weight excluding hydrogens is 354 g/mol. The van der Waals surface area contributed by atoms with Crippen LogP contribution in [-0.4, -0.2) is 61.7 Å². The van der Waals surface area contributed by atoms with E-state index in [1.165, 1.54) is 0 Å². The van der Waals surface area contributed by atoms with E-state index in [-0.39, 0.29) is 11.6 Å². The van der Waals surface area contributed by atoms with Crippen LogP contribution in [0.15, 0.2) is 59.9 Å². The van der Waals surface area contributed by atoms with Gasteiger partial charge in [0, 0.05) is 43.0 Å². The average molecular weight is 377 g/mol. The van der Waals surface area contributed by atoms with Crippen LogP contribution in [0.1, 0.15) is 20.7 Å². The number of hydrogen-bond acceptors (Lipinski definition) is 6. The van der Waals surface area contributed by atoms with Crippen molar-refractivity contribution < 1.29 is 14.3 Å². The normalized spacial score (nSPS) is 17.6. The standard InChI is InChI=1S/C22H23N3O3/c1-24-11-13-25(14-12-24)20-19(23-15-7-9-16(28-2)10-8-15)21(26)17-5-3-4-6-18(17)22(20)27/h3-10,23H,11-14H2,1-2H3. The van der Waals surface area contributed by atoms with Gasteiger partial charge in [0.25, 0.3) is 0 Å². The van der Waals surface area contributed by atoms with E-state index in [4.69, 9.17) is 4.74 Å². The molecule has 4 rings (SSSR count). The molecule has 1 aliphatic carbocycles. The number of allylic oxidation sites excluding steroid dienone is 2. The number of nitrogens with one attached hydrogen (secondary N) is 1. The summed E-state index contributed by atoms with van der Waals surface area (Å²) in [5.41, 5.74) is 2.47. The number of nitrogens with zero attached hydrogens (tertiary/aromatic N) is 2. The maximum atomic E-state index is 13.3. The van der Waals surface area contributed by atoms with E-state index in [0.717, 1.165) is 24.5 Å². The van der Waals surface area contributed by atoms with E-state index in [9.17, 15) is 9.59 Å². The van der Waals surface area contributed by atoms with Crippen molar-refractivity contribution in [2.45, 2.75) is 0 Å². The lowest BCUT2D eigenvalue weighted by atomic mass is 9.89. The second-order valence-corrected chi connectivity index (χ2v) is 7.07. The summed E-state index contributed by atoms with van der Waals surface area (Å²) in [4.78, 5) is 30.8. The molecular formula is C22H23N3O3. The fourth-order valence-electron chi connectivity index (χ4n) is 3.63. The zero-order valence-corrected chi connectivity index (χ0v) is 16.1. The molecule has 2 aliphatic rings. The van der Waals surface area contributed by atoms with Crippen molar-refractivity contribution in [2.24, 2.45) is 0 Å². The van der Waals surface area contributed by atoms with Gasteiger partial charge in [0.15, 0.2) is 0 Å². The van der Waals surface area contributed by atoms with Crippen LogP contribution in [0.4, 0.5) is 5.69 Å². The van der Waals surface area contributed by atoms with Crippen molar-refractivity contribution in [2.75, 3.05) is 45.7 Å². The third kappa shape index (κ3) is 3.27. The highest BCUT2D eigenvalue weighted by Gasteiger charge is 2.36. The molecule has 6 nitrogen and oxygen atoms in total. The largest absolute Gasteiger partial charge is 0.497 e. The minimum Gasteiger partial charge on any atom is -0.497 e. The highest BCUT2D eigenvalue weighted by Crippen LogP contribution is 2.30. The smallest absolute Gasteiger partial charge is 0.212 e. The molecule has 0 aromatic heterocycles. The van der Waals surface area contributed by atoms with Gasteiger partial charge in [0.05, 0.1) is 7.11 Å². The number of Topliss-reactive ketones (excluding diaryl/α,β-unsaturated/α-hetero) is 2. The molecule has 1 fully saturated rings. The number of carbonyl (C=O) groups is 2. The van der Waals surface area contributed by atoms with Crippen LogP contribution in [0.5, 0.6) is 5.75 Å². The molecule has 2 aromatic carbocycles. The number of hydrogen-bond donors (Lipinski definition) is 1. The summed E-state index contributed by atoms with van der Waals surface area (Å²) in [7, 11) is 3.67. The topological polar surface area (TPSA) is 61.9 Å². The van der Waals surface area contributed by atoms with Crippen LogP contribution in [0.2, 0.25) is 0 Å². The molecule has 1 N–H and O–H groups in total. The second kappa shape index (κ2) is 7.48. The summed E-state index contributed by atoms with van der Waals surface area (Å²) in [6.07, 6.45) is 0. The first-order chi connectivity index (χ1) is 13.6. The maximum Gasteiger partial charge on any atom is 0.212 e. The van der Waals surface area contributed by atoms with Gasteiger partial charge in [-0.05, 0) is 31.3 Å². The van der Waals surface area contributed by atoms with Crippen LogP contribution < -0.4 is 10.1 Å². The third-order valence-corrected chi connectivity index (χ3v) is 5.27. The summed E-state index contributed by atoms with van der Waals surface area (Å²) in [5.74, 6) is 0.478. The Hall–Kier alpha value is -3.12. The summed E-state index contributed by atoms with van der Waals surface area (Å²) < 4.78 is 5.20. The van der Waals surface area contributed by atoms with E-state index < -0.39 is 0 Å². The summed E-state index contributed by atoms with van der Waals surface area (Å²) in [6.45, 7) is 3.12. The lowest BCUT2D eigenvalue weighted by Gasteiger charge is -2.37. The molecule has 1 heterocycles. The zero-order valence-electron chi connectivity index (χ0n) is 16.1. The van der Waals surface area contributed by atoms with Crippen LogP contribution in [0, 0.1) is 0 Å². The van der Waals surface area contributed by atoms with Gasteiger partial charge in [-0.1, -0.05) is 24.3 Å². The molecule has 2 aromatic rings. The van der Waals surface area contributed by atoms with Gasteiger partial charge in [-0.3, -0.25) is 9.59 Å². The van der Waals surface area contributed by atoms with E-state index in [1.54, 1.807) is 31.4 Å². The Balaban J connectivity index is 1.76. The Kier molecular flexibility index (Phi) is 4.88. The molecule has 1 saturated heterocycles. The van der Waals surface area contributed by atoms with Gasteiger partial charge >= 0.3 is 0 Å². The Bertz CT molecular complexity index is 942. The second-order valence-electron chi connectivity index (χ2n) is 7.07. The van der Waals surface area contributed by atoms with Gasteiger partial charge in [-0.15, -0.1) is 0 Å². The Morgan fingerprint density at radius 2 is 1.46 bits per heavy atom. The van der Waals surface area contributed by atoms with Crippen molar-refractivity contribution in [3.05, 3.63) is 71.1 Å². The summed E-state index contributed by atoms with van der Waals surface area (Å²) >= 11 is 0. The summed E-state index contributed by atoms with van der Waals surface area (Å²) in [6, 6.07) is 14.4. The minimum absolute atomic E-state index is 0.101. The predicted molar refractivity (Wildman–Crippen MR) is 108 cm³/mol. The molecule has 0 amide bonds. The van der Waals surface area contributed by atoms with Gasteiger partial charge in [-0.25, -0.2) is 0 Å². The van der Waals surface area contributed by atoms with Crippen LogP contribution in [0.25, 0.3) is 0 Å². The van der Waals surface area contributed by atoms with Gasteiger partial charge in [-0.2, -0.15) is 0 Å². The molecule has 0 spiro atoms. The number of fused-ring (bicyclic) bond motifs is 1. The number of ether oxygens (including phenoxy) is 1. The SMILES string of the molecule is COc1ccc(NC2=C(N3CCN(C)CC3)C(=O)c3ccccc3C2=O)cc1. The number of methoxy groups -OCH3 is 1. The number of benzene rings is 2. The van der Waals surface area contributed by atoms with E-state index in [0.29, 0.717) is 35.6 Å². The third-order valence-electron chi connectivity index (χ3n) is 5.27. The number of carbonyl (C=O) groups excluding carboxylic acids is 2. The quantitative estimate of drug-likeness (QED) is 0.884. The zero-order chi connectivity index (χ0) is 19.7. The lowest BCUT2D eigenvalue weighted by molar-refractivity contribution is 0.0917. The van der Waals surface area contributed by atoms with Crippen LogP contribution in [0.3, 0.4) is 0 Å². The molecule has 0 saturated carbocycles. The highest BCUT2D eigenvalue weighted by atomic mass is 16.5. The summed E-state index contributed by atoms with van der Waals surface area (Å²) in [5, 5.41) is 3.21. The molecule has 0 atom stereocenters. The van der Waals surface area contributed by atoms with Crippen molar-refractivity contribution >= 4 is 17.3 Å². The van der Waals surface area contributed by atoms with Crippen LogP contribution in [-0.2, 0) is 0 Å². The number of anilines is 1. The van der Waals surface area contributed by atoms with Gasteiger partial charge in [0.1, 0.15) is 17.1 Å². The Morgan fingerprint density at radius 1 is 0.857 bits per heavy atom. The molecule has 28 heavy (non-hydrogen) atoms. The van der Waals surface area contributed by atoms with Crippen molar-refractivity contribution in [3.63, 3.8) is 0 Å². The van der Waals surface area contributed by atoms with E-state index in [1.807, 2.05) is 29.2 Å². The van der Waals surface area contributed by atoms with Gasteiger partial charge < -0.3 is 19.9 Å². The molecule has 6 heteroatoms. The number of piperazine rings is 1. The first kappa shape index (κ1) is 18.3. The fourth-order valence-corrected chi connectivity index (χ4v) is 3.63. The van der Waals surface area contributed by atoms with Crippen molar-refractivity contribution in [1.82, 2.24) is 9.80 Å². The predicted octanol–water partition coefficient (Wildman–Crippen LogP) is 2.65. The minimum atomic E-state index is -0.153. The number of ketones is 2. The first-order valence-corrected chi connectivity index (χ1v) is 9.36. The fraction of sp³-hybridized carbons (Fsp3) is 0.273. The maximum absolute atomic E-state index is 13.3. The van der Waals surface area contributed by atoms with Crippen molar-refractivity contribution in [1.29, 1.82) is 0 Å². The average Bonchev–Trinajstić information content (AvgIpc) is 2.73. The molecule has 144 valence electrons. The highest BCUT2D eigenvalue weighted by molar-refractivity contribution is 6.27. The van der Waals surface area contributed by atoms with Gasteiger partial charge in [0.2, 0.25) is 11.6 Å². The molecule has 0 unspecified atom stereocenters. The first-order valence-electron chi connectivity index (χ1n) is 9.36. The molecule has 0 radical (unpaired) electrons. The van der Waals surface area contributed by atoms with Crippen LogP contribution >= 0.6 is 0 Å². The lowest BCUT2D eigenvalue weighted by Crippen LogP contribution is -2.47. The van der Waals surface area contributed by atoms with E-state index in [2.05, 4.69) is 17.3 Å². The Morgan fingerprint density at radius 3 is 2.07 bits per heavy atom.